The Hall–Kier alpha value is -1.91. The molecule has 24 heavy (non-hydrogen) atoms. The number of ether oxygens (including phenoxy) is 1. The zero-order valence-electron chi connectivity index (χ0n) is 14.3. The molecule has 0 aliphatic heterocycles. The molecule has 1 fully saturated rings. The molecule has 3 rings (SSSR count). The summed E-state index contributed by atoms with van der Waals surface area (Å²) in [6.07, 6.45) is 8.74. The van der Waals surface area contributed by atoms with E-state index in [0.717, 1.165) is 18.7 Å². The molecule has 1 aliphatic rings. The minimum Gasteiger partial charge on any atom is -0.381 e. The first-order valence-corrected chi connectivity index (χ1v) is 8.72. The van der Waals surface area contributed by atoms with Gasteiger partial charge >= 0.3 is 0 Å². The summed E-state index contributed by atoms with van der Waals surface area (Å²) in [6, 6.07) is 14.3. The lowest BCUT2D eigenvalue weighted by Crippen LogP contribution is -2.30. The van der Waals surface area contributed by atoms with Crippen LogP contribution >= 0.6 is 0 Å². The normalized spacial score (nSPS) is 20.7. The molecule has 0 saturated heterocycles. The van der Waals surface area contributed by atoms with E-state index >= 15 is 0 Å². The molecule has 128 valence electrons. The summed E-state index contributed by atoms with van der Waals surface area (Å²) in [5, 5.41) is 1.99. The highest BCUT2D eigenvalue weighted by molar-refractivity contribution is 5.43. The van der Waals surface area contributed by atoms with Gasteiger partial charge in [-0.25, -0.2) is 5.06 Å². The SMILES string of the molecule is COC1CCCC(CON(Cc2ccncc2)c2ccccc2)C1. The van der Waals surface area contributed by atoms with Gasteiger partial charge in [0.05, 0.1) is 24.9 Å². The van der Waals surface area contributed by atoms with E-state index in [1.165, 1.54) is 24.8 Å². The van der Waals surface area contributed by atoms with Gasteiger partial charge in [0.2, 0.25) is 0 Å². The van der Waals surface area contributed by atoms with Gasteiger partial charge in [0.15, 0.2) is 0 Å². The molecule has 1 aromatic heterocycles. The summed E-state index contributed by atoms with van der Waals surface area (Å²) < 4.78 is 5.53. The molecule has 4 heteroatoms. The van der Waals surface area contributed by atoms with Gasteiger partial charge in [0, 0.05) is 19.5 Å². The summed E-state index contributed by atoms with van der Waals surface area (Å²) in [4.78, 5) is 10.3. The van der Waals surface area contributed by atoms with Gasteiger partial charge in [0.1, 0.15) is 0 Å². The van der Waals surface area contributed by atoms with Gasteiger partial charge in [-0.05, 0) is 55.0 Å². The number of hydrogen-bond acceptors (Lipinski definition) is 4. The van der Waals surface area contributed by atoms with Crippen molar-refractivity contribution in [3.8, 4) is 0 Å². The molecule has 2 unspecified atom stereocenters. The van der Waals surface area contributed by atoms with Crippen LogP contribution < -0.4 is 5.06 Å². The number of aromatic nitrogens is 1. The largest absolute Gasteiger partial charge is 0.381 e. The molecule has 0 amide bonds. The monoisotopic (exact) mass is 326 g/mol. The Morgan fingerprint density at radius 3 is 2.62 bits per heavy atom. The van der Waals surface area contributed by atoms with E-state index < -0.39 is 0 Å². The van der Waals surface area contributed by atoms with E-state index in [9.17, 15) is 0 Å². The number of rotatable bonds is 7. The lowest BCUT2D eigenvalue weighted by Gasteiger charge is -2.31. The van der Waals surface area contributed by atoms with Crippen LogP contribution in [0.2, 0.25) is 0 Å². The molecule has 0 spiro atoms. The maximum atomic E-state index is 6.22. The van der Waals surface area contributed by atoms with E-state index in [1.54, 1.807) is 0 Å². The standard InChI is InChI=1S/C20H26N2O2/c1-23-20-9-5-6-18(14-20)16-24-22(19-7-3-2-4-8-19)15-17-10-12-21-13-11-17/h2-4,7-8,10-13,18,20H,5-6,9,14-16H2,1H3. The van der Waals surface area contributed by atoms with Gasteiger partial charge < -0.3 is 4.74 Å². The molecule has 1 saturated carbocycles. The number of methoxy groups -OCH3 is 1. The predicted octanol–water partition coefficient (Wildman–Crippen LogP) is 4.23. The second-order valence-electron chi connectivity index (χ2n) is 6.41. The van der Waals surface area contributed by atoms with Gasteiger partial charge in [0.25, 0.3) is 0 Å². The Morgan fingerprint density at radius 1 is 1.08 bits per heavy atom. The molecule has 1 aromatic carbocycles. The summed E-state index contributed by atoms with van der Waals surface area (Å²) >= 11 is 0. The second-order valence-corrected chi connectivity index (χ2v) is 6.41. The average Bonchev–Trinajstić information content (AvgIpc) is 2.67. The van der Waals surface area contributed by atoms with Crippen molar-refractivity contribution >= 4 is 5.69 Å². The summed E-state index contributed by atoms with van der Waals surface area (Å²) in [5.41, 5.74) is 2.26. The molecule has 0 radical (unpaired) electrons. The maximum Gasteiger partial charge on any atom is 0.0778 e. The third-order valence-electron chi connectivity index (χ3n) is 4.65. The first kappa shape index (κ1) is 16.9. The van der Waals surface area contributed by atoms with Crippen LogP contribution in [-0.4, -0.2) is 24.8 Å². The van der Waals surface area contributed by atoms with Crippen LogP contribution in [0.15, 0.2) is 54.9 Å². The van der Waals surface area contributed by atoms with Crippen LogP contribution in [0.5, 0.6) is 0 Å². The quantitative estimate of drug-likeness (QED) is 0.713. The van der Waals surface area contributed by atoms with Gasteiger partial charge in [-0.3, -0.25) is 9.82 Å². The highest BCUT2D eigenvalue weighted by Crippen LogP contribution is 2.27. The Labute approximate surface area is 144 Å². The van der Waals surface area contributed by atoms with E-state index in [1.807, 2.05) is 54.9 Å². The Kier molecular flexibility index (Phi) is 6.21. The number of hydroxylamine groups is 1. The van der Waals surface area contributed by atoms with Crippen LogP contribution in [-0.2, 0) is 16.1 Å². The maximum absolute atomic E-state index is 6.22. The van der Waals surface area contributed by atoms with Crippen LogP contribution in [0.25, 0.3) is 0 Å². The second kappa shape index (κ2) is 8.81. The zero-order chi connectivity index (χ0) is 16.6. The van der Waals surface area contributed by atoms with Crippen LogP contribution in [0.4, 0.5) is 5.69 Å². The zero-order valence-corrected chi connectivity index (χ0v) is 14.3. The van der Waals surface area contributed by atoms with Crippen molar-refractivity contribution < 1.29 is 9.57 Å². The Morgan fingerprint density at radius 2 is 1.88 bits per heavy atom. The molecule has 1 aliphatic carbocycles. The van der Waals surface area contributed by atoms with Crippen LogP contribution in [0.3, 0.4) is 0 Å². The molecule has 0 bridgehead atoms. The third kappa shape index (κ3) is 4.79. The summed E-state index contributed by atoms with van der Waals surface area (Å²) in [6.45, 7) is 1.45. The highest BCUT2D eigenvalue weighted by Gasteiger charge is 2.23. The number of anilines is 1. The van der Waals surface area contributed by atoms with Crippen molar-refractivity contribution in [3.63, 3.8) is 0 Å². The lowest BCUT2D eigenvalue weighted by molar-refractivity contribution is 0.00952. The molecule has 2 aromatic rings. The smallest absolute Gasteiger partial charge is 0.0778 e. The molecule has 2 atom stereocenters. The van der Waals surface area contributed by atoms with Crippen LogP contribution in [0, 0.1) is 5.92 Å². The first-order valence-electron chi connectivity index (χ1n) is 8.72. The molecule has 0 N–H and O–H groups in total. The van der Waals surface area contributed by atoms with Crippen molar-refractivity contribution in [2.45, 2.75) is 38.3 Å². The van der Waals surface area contributed by atoms with Gasteiger partial charge in [-0.2, -0.15) is 0 Å². The fourth-order valence-corrected chi connectivity index (χ4v) is 3.26. The fraction of sp³-hybridized carbons (Fsp3) is 0.450. The van der Waals surface area contributed by atoms with Gasteiger partial charge in [-0.1, -0.05) is 24.6 Å². The topological polar surface area (TPSA) is 34.6 Å². The molecular weight excluding hydrogens is 300 g/mol. The lowest BCUT2D eigenvalue weighted by atomic mass is 9.88. The van der Waals surface area contributed by atoms with E-state index in [4.69, 9.17) is 9.57 Å². The van der Waals surface area contributed by atoms with Crippen molar-refractivity contribution in [1.29, 1.82) is 0 Å². The number of nitrogens with zero attached hydrogens (tertiary/aromatic N) is 2. The van der Waals surface area contributed by atoms with Crippen molar-refractivity contribution in [2.75, 3.05) is 18.8 Å². The molecule has 4 nitrogen and oxygen atoms in total. The van der Waals surface area contributed by atoms with Crippen molar-refractivity contribution in [3.05, 3.63) is 60.4 Å². The minimum atomic E-state index is 0.387. The number of para-hydroxylation sites is 1. The number of hydrogen-bond donors (Lipinski definition) is 0. The van der Waals surface area contributed by atoms with E-state index in [0.29, 0.717) is 18.6 Å². The van der Waals surface area contributed by atoms with Crippen molar-refractivity contribution in [1.82, 2.24) is 4.98 Å². The van der Waals surface area contributed by atoms with Gasteiger partial charge in [-0.15, -0.1) is 0 Å². The fourth-order valence-electron chi connectivity index (χ4n) is 3.26. The third-order valence-corrected chi connectivity index (χ3v) is 4.65. The van der Waals surface area contributed by atoms with E-state index in [2.05, 4.69) is 17.1 Å². The minimum absolute atomic E-state index is 0.387. The van der Waals surface area contributed by atoms with E-state index in [-0.39, 0.29) is 0 Å². The van der Waals surface area contributed by atoms with Crippen LogP contribution in [0.1, 0.15) is 31.2 Å². The van der Waals surface area contributed by atoms with Crippen molar-refractivity contribution in [2.24, 2.45) is 5.92 Å². The number of benzene rings is 1. The average molecular weight is 326 g/mol. The molecular formula is C20H26N2O2. The first-order chi connectivity index (χ1) is 11.8. The Balaban J connectivity index is 1.64. The summed E-state index contributed by atoms with van der Waals surface area (Å²) in [5.74, 6) is 0.562. The number of pyridine rings is 1. The Bertz CT molecular complexity index is 591. The molecule has 1 heterocycles. The summed E-state index contributed by atoms with van der Waals surface area (Å²) in [7, 11) is 1.81. The predicted molar refractivity (Wildman–Crippen MR) is 95.6 cm³/mol. The highest BCUT2D eigenvalue weighted by atomic mass is 16.7.